The molecule has 1 aromatic carbocycles. The fourth-order valence-electron chi connectivity index (χ4n) is 2.19. The topological polar surface area (TPSA) is 86.5 Å². The number of thiophene rings is 1. The molecule has 2 heterocycles. The van der Waals surface area contributed by atoms with Crippen molar-refractivity contribution in [2.75, 3.05) is 19.5 Å². The first-order valence-corrected chi connectivity index (χ1v) is 8.45. The van der Waals surface area contributed by atoms with E-state index in [1.165, 1.54) is 11.3 Å². The fraction of sp³-hybridized carbons (Fsp3) is 0.235. The molecule has 1 N–H and O–H groups in total. The Bertz CT molecular complexity index is 823. The second-order valence-electron chi connectivity index (χ2n) is 5.14. The van der Waals surface area contributed by atoms with E-state index in [0.29, 0.717) is 35.3 Å². The summed E-state index contributed by atoms with van der Waals surface area (Å²) >= 11 is 1.53. The third kappa shape index (κ3) is 4.36. The van der Waals surface area contributed by atoms with Gasteiger partial charge >= 0.3 is 0 Å². The number of anilines is 1. The number of hydrogen-bond acceptors (Lipinski definition) is 7. The van der Waals surface area contributed by atoms with Crippen molar-refractivity contribution < 1.29 is 18.8 Å². The second-order valence-corrected chi connectivity index (χ2v) is 6.09. The predicted octanol–water partition coefficient (Wildman–Crippen LogP) is 3.39. The highest BCUT2D eigenvalue weighted by atomic mass is 32.1. The Morgan fingerprint density at radius 1 is 1.24 bits per heavy atom. The van der Waals surface area contributed by atoms with Gasteiger partial charge in [0.05, 0.1) is 19.1 Å². The number of rotatable bonds is 7. The third-order valence-corrected chi connectivity index (χ3v) is 4.28. The van der Waals surface area contributed by atoms with Gasteiger partial charge < -0.3 is 19.3 Å². The molecule has 0 aliphatic carbocycles. The number of carbonyl (C=O) groups is 1. The number of aryl methyl sites for hydroxylation is 1. The Morgan fingerprint density at radius 2 is 2.00 bits per heavy atom. The normalized spacial score (nSPS) is 10.5. The number of benzene rings is 1. The van der Waals surface area contributed by atoms with Crippen LogP contribution in [-0.2, 0) is 11.2 Å². The predicted molar refractivity (Wildman–Crippen MR) is 94.1 cm³/mol. The van der Waals surface area contributed by atoms with Crippen molar-refractivity contribution in [2.24, 2.45) is 0 Å². The molecule has 1 amide bonds. The third-order valence-electron chi connectivity index (χ3n) is 3.41. The highest BCUT2D eigenvalue weighted by molar-refractivity contribution is 7.13. The van der Waals surface area contributed by atoms with Gasteiger partial charge in [0.2, 0.25) is 17.6 Å². The second kappa shape index (κ2) is 7.80. The molecule has 0 aliphatic heterocycles. The molecule has 3 aromatic rings. The zero-order valence-electron chi connectivity index (χ0n) is 13.8. The van der Waals surface area contributed by atoms with Gasteiger partial charge in [0.1, 0.15) is 11.5 Å². The zero-order valence-corrected chi connectivity index (χ0v) is 14.6. The van der Waals surface area contributed by atoms with E-state index in [4.69, 9.17) is 14.0 Å². The van der Waals surface area contributed by atoms with Gasteiger partial charge in [-0.25, -0.2) is 0 Å². The van der Waals surface area contributed by atoms with E-state index in [1.54, 1.807) is 32.4 Å². The van der Waals surface area contributed by atoms with Crippen LogP contribution in [0, 0.1) is 0 Å². The standard InChI is InChI=1S/C17H17N3O4S/c1-22-12-8-11(9-13(10-12)23-2)18-15(21)5-6-16-19-17(20-24-16)14-4-3-7-25-14/h3-4,7-10H,5-6H2,1-2H3,(H,18,21). The Balaban J connectivity index is 1.58. The van der Waals surface area contributed by atoms with Crippen LogP contribution in [0.25, 0.3) is 10.7 Å². The minimum Gasteiger partial charge on any atom is -0.497 e. The van der Waals surface area contributed by atoms with Gasteiger partial charge in [-0.3, -0.25) is 4.79 Å². The summed E-state index contributed by atoms with van der Waals surface area (Å²) in [5.41, 5.74) is 0.603. The molecule has 0 radical (unpaired) electrons. The molecule has 25 heavy (non-hydrogen) atoms. The number of methoxy groups -OCH3 is 2. The first-order valence-electron chi connectivity index (χ1n) is 7.57. The lowest BCUT2D eigenvalue weighted by Gasteiger charge is -2.09. The molecular weight excluding hydrogens is 342 g/mol. The summed E-state index contributed by atoms with van der Waals surface area (Å²) in [4.78, 5) is 17.4. The van der Waals surface area contributed by atoms with Crippen molar-refractivity contribution in [2.45, 2.75) is 12.8 Å². The van der Waals surface area contributed by atoms with Crippen LogP contribution in [0.5, 0.6) is 11.5 Å². The van der Waals surface area contributed by atoms with E-state index in [2.05, 4.69) is 15.5 Å². The summed E-state index contributed by atoms with van der Waals surface area (Å²) in [5.74, 6) is 2.02. The Labute approximate surface area is 148 Å². The summed E-state index contributed by atoms with van der Waals surface area (Å²) < 4.78 is 15.6. The van der Waals surface area contributed by atoms with Crippen LogP contribution in [0.3, 0.4) is 0 Å². The van der Waals surface area contributed by atoms with Crippen LogP contribution in [-0.4, -0.2) is 30.3 Å². The van der Waals surface area contributed by atoms with E-state index >= 15 is 0 Å². The molecule has 0 spiro atoms. The molecule has 7 nitrogen and oxygen atoms in total. The molecule has 8 heteroatoms. The van der Waals surface area contributed by atoms with Gasteiger partial charge in [0.15, 0.2) is 0 Å². The fourth-order valence-corrected chi connectivity index (χ4v) is 2.84. The molecule has 0 bridgehead atoms. The highest BCUT2D eigenvalue weighted by Crippen LogP contribution is 2.26. The zero-order chi connectivity index (χ0) is 17.6. The molecule has 0 saturated carbocycles. The minimum atomic E-state index is -0.161. The average molecular weight is 359 g/mol. The monoisotopic (exact) mass is 359 g/mol. The van der Waals surface area contributed by atoms with E-state index in [-0.39, 0.29) is 12.3 Å². The summed E-state index contributed by atoms with van der Waals surface area (Å²) in [6.07, 6.45) is 0.594. The lowest BCUT2D eigenvalue weighted by Crippen LogP contribution is -2.12. The van der Waals surface area contributed by atoms with Gasteiger partial charge in [0, 0.05) is 36.7 Å². The first kappa shape index (κ1) is 17.0. The number of amides is 1. The SMILES string of the molecule is COc1cc(NC(=O)CCc2nc(-c3cccs3)no2)cc(OC)c1. The van der Waals surface area contributed by atoms with Crippen molar-refractivity contribution in [1.29, 1.82) is 0 Å². The summed E-state index contributed by atoms with van der Waals surface area (Å²) in [6.45, 7) is 0. The Morgan fingerprint density at radius 3 is 2.64 bits per heavy atom. The van der Waals surface area contributed by atoms with Crippen LogP contribution < -0.4 is 14.8 Å². The molecule has 0 saturated heterocycles. The summed E-state index contributed by atoms with van der Waals surface area (Å²) in [7, 11) is 3.11. The van der Waals surface area contributed by atoms with Crippen molar-refractivity contribution in [3.63, 3.8) is 0 Å². The van der Waals surface area contributed by atoms with Crippen molar-refractivity contribution in [3.05, 3.63) is 41.6 Å². The van der Waals surface area contributed by atoms with Crippen LogP contribution in [0.15, 0.2) is 40.2 Å². The lowest BCUT2D eigenvalue weighted by atomic mass is 10.2. The van der Waals surface area contributed by atoms with Crippen LogP contribution in [0.2, 0.25) is 0 Å². The maximum atomic E-state index is 12.1. The molecule has 0 aliphatic rings. The van der Waals surface area contributed by atoms with Crippen LogP contribution in [0.4, 0.5) is 5.69 Å². The number of ether oxygens (including phenoxy) is 2. The number of hydrogen-bond donors (Lipinski definition) is 1. The Kier molecular flexibility index (Phi) is 5.30. The summed E-state index contributed by atoms with van der Waals surface area (Å²) in [6, 6.07) is 9.03. The van der Waals surface area contributed by atoms with E-state index in [0.717, 1.165) is 4.88 Å². The van der Waals surface area contributed by atoms with Gasteiger partial charge in [-0.1, -0.05) is 11.2 Å². The van der Waals surface area contributed by atoms with Gasteiger partial charge in [-0.15, -0.1) is 11.3 Å². The maximum Gasteiger partial charge on any atom is 0.227 e. The first-order chi connectivity index (χ1) is 12.2. The minimum absolute atomic E-state index is 0.161. The number of nitrogens with zero attached hydrogens (tertiary/aromatic N) is 2. The molecule has 0 unspecified atom stereocenters. The van der Waals surface area contributed by atoms with Crippen LogP contribution >= 0.6 is 11.3 Å². The molecule has 0 atom stereocenters. The van der Waals surface area contributed by atoms with Crippen molar-refractivity contribution >= 4 is 22.9 Å². The number of nitrogens with one attached hydrogen (secondary N) is 1. The number of aromatic nitrogens is 2. The molecule has 0 fully saturated rings. The highest BCUT2D eigenvalue weighted by Gasteiger charge is 2.12. The maximum absolute atomic E-state index is 12.1. The van der Waals surface area contributed by atoms with E-state index in [1.807, 2.05) is 17.5 Å². The van der Waals surface area contributed by atoms with Gasteiger partial charge in [-0.05, 0) is 11.4 Å². The average Bonchev–Trinajstić information content (AvgIpc) is 3.30. The molecule has 3 rings (SSSR count). The smallest absolute Gasteiger partial charge is 0.227 e. The van der Waals surface area contributed by atoms with Crippen molar-refractivity contribution in [3.8, 4) is 22.2 Å². The summed E-state index contributed by atoms with van der Waals surface area (Å²) in [5, 5.41) is 8.68. The number of carbonyl (C=O) groups excluding carboxylic acids is 1. The molecule has 130 valence electrons. The lowest BCUT2D eigenvalue weighted by molar-refractivity contribution is -0.116. The molecule has 2 aromatic heterocycles. The quantitative estimate of drug-likeness (QED) is 0.696. The van der Waals surface area contributed by atoms with Crippen molar-refractivity contribution in [1.82, 2.24) is 10.1 Å². The van der Waals surface area contributed by atoms with Gasteiger partial charge in [-0.2, -0.15) is 4.98 Å². The van der Waals surface area contributed by atoms with Gasteiger partial charge in [0.25, 0.3) is 0 Å². The van der Waals surface area contributed by atoms with Crippen LogP contribution in [0.1, 0.15) is 12.3 Å². The Hall–Kier alpha value is -2.87. The van der Waals surface area contributed by atoms with E-state index in [9.17, 15) is 4.79 Å². The molecular formula is C17H17N3O4S. The largest absolute Gasteiger partial charge is 0.497 e. The van der Waals surface area contributed by atoms with E-state index < -0.39 is 0 Å².